The van der Waals surface area contributed by atoms with E-state index in [9.17, 15) is 4.79 Å². The van der Waals surface area contributed by atoms with Crippen LogP contribution in [0.3, 0.4) is 0 Å². The molecular weight excluding hydrogens is 228 g/mol. The van der Waals surface area contributed by atoms with E-state index < -0.39 is 0 Å². The predicted molar refractivity (Wildman–Crippen MR) is 69.5 cm³/mol. The second-order valence-corrected chi connectivity index (χ2v) is 4.86. The molecule has 1 saturated heterocycles. The van der Waals surface area contributed by atoms with E-state index in [-0.39, 0.29) is 5.78 Å². The highest BCUT2D eigenvalue weighted by atomic mass is 16.1. The smallest absolute Gasteiger partial charge is 0.196 e. The maximum Gasteiger partial charge on any atom is 0.196 e. The van der Waals surface area contributed by atoms with Crippen LogP contribution in [0.2, 0.25) is 0 Å². The van der Waals surface area contributed by atoms with Crippen molar-refractivity contribution in [1.29, 1.82) is 0 Å². The topological polar surface area (TPSA) is 58.1 Å². The molecule has 5 nitrogen and oxygen atoms in total. The van der Waals surface area contributed by atoms with Gasteiger partial charge in [-0.3, -0.25) is 14.7 Å². The Balaban J connectivity index is 1.80. The quantitative estimate of drug-likeness (QED) is 0.779. The number of ketones is 1. The van der Waals surface area contributed by atoms with Gasteiger partial charge in [0, 0.05) is 25.0 Å². The average Bonchev–Trinajstić information content (AvgIpc) is 2.40. The fourth-order valence-corrected chi connectivity index (χ4v) is 2.29. The van der Waals surface area contributed by atoms with Crippen molar-refractivity contribution in [3.8, 4) is 0 Å². The van der Waals surface area contributed by atoms with Gasteiger partial charge in [-0.2, -0.15) is 0 Å². The predicted octanol–water partition coefficient (Wildman–Crippen LogP) is 0.733. The van der Waals surface area contributed by atoms with E-state index in [4.69, 9.17) is 0 Å². The van der Waals surface area contributed by atoms with Crippen molar-refractivity contribution >= 4 is 5.78 Å². The largest absolute Gasteiger partial charge is 0.313 e. The second-order valence-electron chi connectivity index (χ2n) is 4.86. The number of nitrogens with one attached hydrogen (secondary N) is 1. The first-order chi connectivity index (χ1) is 8.75. The fraction of sp³-hybridized carbons (Fsp3) is 0.615. The molecule has 1 aromatic heterocycles. The third-order valence-corrected chi connectivity index (χ3v) is 3.21. The first-order valence-corrected chi connectivity index (χ1v) is 6.47. The lowest BCUT2D eigenvalue weighted by Crippen LogP contribution is -2.43. The summed E-state index contributed by atoms with van der Waals surface area (Å²) in [6, 6.07) is 0.512. The summed E-state index contributed by atoms with van der Waals surface area (Å²) in [6.07, 6.45) is 8.39. The molecule has 98 valence electrons. The summed E-state index contributed by atoms with van der Waals surface area (Å²) in [7, 11) is 1.98. The van der Waals surface area contributed by atoms with Gasteiger partial charge in [-0.25, -0.2) is 4.98 Å². The molecule has 0 saturated carbocycles. The van der Waals surface area contributed by atoms with Gasteiger partial charge in [0.05, 0.1) is 12.7 Å². The number of carbonyl (C=O) groups is 1. The van der Waals surface area contributed by atoms with Crippen LogP contribution in [0.1, 0.15) is 29.8 Å². The lowest BCUT2D eigenvalue weighted by molar-refractivity contribution is 0.0933. The molecule has 1 aliphatic heterocycles. The van der Waals surface area contributed by atoms with Crippen LogP contribution in [-0.4, -0.2) is 53.4 Å². The van der Waals surface area contributed by atoms with E-state index in [1.807, 2.05) is 7.05 Å². The number of rotatable bonds is 5. The van der Waals surface area contributed by atoms with Crippen molar-refractivity contribution in [1.82, 2.24) is 20.2 Å². The average molecular weight is 248 g/mol. The van der Waals surface area contributed by atoms with Gasteiger partial charge in [-0.15, -0.1) is 0 Å². The third-order valence-electron chi connectivity index (χ3n) is 3.21. The summed E-state index contributed by atoms with van der Waals surface area (Å²) >= 11 is 0. The molecular formula is C13H20N4O. The molecule has 0 spiro atoms. The van der Waals surface area contributed by atoms with Crippen molar-refractivity contribution in [3.63, 3.8) is 0 Å². The van der Waals surface area contributed by atoms with E-state index in [1.165, 1.54) is 25.5 Å². The van der Waals surface area contributed by atoms with Crippen molar-refractivity contribution < 1.29 is 4.79 Å². The molecule has 1 aromatic rings. The molecule has 18 heavy (non-hydrogen) atoms. The van der Waals surface area contributed by atoms with E-state index in [2.05, 4.69) is 20.2 Å². The molecule has 0 amide bonds. The zero-order valence-corrected chi connectivity index (χ0v) is 10.8. The van der Waals surface area contributed by atoms with Crippen molar-refractivity contribution in [3.05, 3.63) is 24.3 Å². The molecule has 1 aliphatic rings. The molecule has 1 fully saturated rings. The zero-order chi connectivity index (χ0) is 12.8. The van der Waals surface area contributed by atoms with Gasteiger partial charge < -0.3 is 5.32 Å². The van der Waals surface area contributed by atoms with Crippen LogP contribution < -0.4 is 5.32 Å². The molecule has 0 bridgehead atoms. The Hall–Kier alpha value is -1.33. The first kappa shape index (κ1) is 13.1. The van der Waals surface area contributed by atoms with Gasteiger partial charge in [0.25, 0.3) is 0 Å². The minimum Gasteiger partial charge on any atom is -0.313 e. The highest BCUT2D eigenvalue weighted by Crippen LogP contribution is 2.08. The summed E-state index contributed by atoms with van der Waals surface area (Å²) in [5.41, 5.74) is 0.445. The Morgan fingerprint density at radius 3 is 3.06 bits per heavy atom. The van der Waals surface area contributed by atoms with Gasteiger partial charge in [0.1, 0.15) is 5.69 Å². The Morgan fingerprint density at radius 1 is 1.50 bits per heavy atom. The number of hydrogen-bond donors (Lipinski definition) is 1. The highest BCUT2D eigenvalue weighted by Gasteiger charge is 2.17. The second kappa shape index (κ2) is 6.56. The summed E-state index contributed by atoms with van der Waals surface area (Å²) in [4.78, 5) is 21.9. The van der Waals surface area contributed by atoms with Gasteiger partial charge in [-0.05, 0) is 26.4 Å². The zero-order valence-electron chi connectivity index (χ0n) is 10.8. The van der Waals surface area contributed by atoms with Gasteiger partial charge >= 0.3 is 0 Å². The summed E-state index contributed by atoms with van der Waals surface area (Å²) in [5, 5.41) is 3.48. The maximum atomic E-state index is 11.9. The minimum absolute atomic E-state index is 0.0291. The molecule has 0 aromatic carbocycles. The molecule has 5 heteroatoms. The van der Waals surface area contributed by atoms with E-state index in [1.54, 1.807) is 12.4 Å². The van der Waals surface area contributed by atoms with Crippen LogP contribution in [-0.2, 0) is 0 Å². The molecule has 0 unspecified atom stereocenters. The molecule has 1 N–H and O–H groups in total. The number of Topliss-reactive ketones (excluding diaryl/α,β-unsaturated/α-hetero) is 1. The Morgan fingerprint density at radius 2 is 2.39 bits per heavy atom. The van der Waals surface area contributed by atoms with Crippen molar-refractivity contribution in [2.45, 2.75) is 25.3 Å². The standard InChI is InChI=1S/C13H20N4O/c1-17(9-11-4-2-3-5-15-11)10-13(18)12-8-14-6-7-16-12/h6-8,11,15H,2-5,9-10H2,1H3/t11-/m0/s1. The molecule has 2 rings (SSSR count). The monoisotopic (exact) mass is 248 g/mol. The van der Waals surface area contributed by atoms with Crippen LogP contribution >= 0.6 is 0 Å². The Bertz CT molecular complexity index is 376. The lowest BCUT2D eigenvalue weighted by Gasteiger charge is -2.27. The van der Waals surface area contributed by atoms with Crippen LogP contribution in [0, 0.1) is 0 Å². The van der Waals surface area contributed by atoms with E-state index >= 15 is 0 Å². The van der Waals surface area contributed by atoms with Crippen molar-refractivity contribution in [2.24, 2.45) is 0 Å². The number of carbonyl (C=O) groups excluding carboxylic acids is 1. The van der Waals surface area contributed by atoms with Crippen molar-refractivity contribution in [2.75, 3.05) is 26.7 Å². The molecule has 1 atom stereocenters. The van der Waals surface area contributed by atoms with Crippen LogP contribution in [0.4, 0.5) is 0 Å². The van der Waals surface area contributed by atoms with Crippen LogP contribution in [0.25, 0.3) is 0 Å². The van der Waals surface area contributed by atoms with Crippen LogP contribution in [0.15, 0.2) is 18.6 Å². The third kappa shape index (κ3) is 3.85. The molecule has 0 radical (unpaired) electrons. The van der Waals surface area contributed by atoms with Crippen LogP contribution in [0.5, 0.6) is 0 Å². The summed E-state index contributed by atoms with van der Waals surface area (Å²) in [5.74, 6) is 0.0291. The maximum absolute atomic E-state index is 11.9. The van der Waals surface area contributed by atoms with E-state index in [0.29, 0.717) is 18.3 Å². The number of hydrogen-bond acceptors (Lipinski definition) is 5. The summed E-state index contributed by atoms with van der Waals surface area (Å²) < 4.78 is 0. The SMILES string of the molecule is CN(CC(=O)c1cnccn1)C[C@@H]1CCCCN1. The Labute approximate surface area is 108 Å². The minimum atomic E-state index is 0.0291. The van der Waals surface area contributed by atoms with E-state index in [0.717, 1.165) is 13.1 Å². The molecule has 0 aliphatic carbocycles. The first-order valence-electron chi connectivity index (χ1n) is 6.47. The Kier molecular flexibility index (Phi) is 4.78. The fourth-order valence-electron chi connectivity index (χ4n) is 2.29. The van der Waals surface area contributed by atoms with Gasteiger partial charge in [0.15, 0.2) is 5.78 Å². The normalized spacial score (nSPS) is 20.0. The number of aromatic nitrogens is 2. The van der Waals surface area contributed by atoms with Gasteiger partial charge in [-0.1, -0.05) is 6.42 Å². The number of likely N-dealkylation sites (N-methyl/N-ethyl adjacent to an activating group) is 1. The molecule has 2 heterocycles. The number of nitrogens with zero attached hydrogens (tertiary/aromatic N) is 3. The lowest BCUT2D eigenvalue weighted by atomic mass is 10.0. The van der Waals surface area contributed by atoms with Gasteiger partial charge in [0.2, 0.25) is 0 Å². The highest BCUT2D eigenvalue weighted by molar-refractivity contribution is 5.95. The summed E-state index contributed by atoms with van der Waals surface area (Å²) in [6.45, 7) is 2.40. The number of piperidine rings is 1.